The van der Waals surface area contributed by atoms with Crippen LogP contribution >= 0.6 is 11.6 Å². The Labute approximate surface area is 103 Å². The zero-order valence-electron chi connectivity index (χ0n) is 9.19. The van der Waals surface area contributed by atoms with Crippen LogP contribution in [0.3, 0.4) is 0 Å². The van der Waals surface area contributed by atoms with Gasteiger partial charge in [-0.15, -0.1) is 0 Å². The predicted octanol–water partition coefficient (Wildman–Crippen LogP) is 1.77. The molecule has 0 saturated carbocycles. The molecule has 0 fully saturated rings. The van der Waals surface area contributed by atoms with Gasteiger partial charge in [-0.3, -0.25) is 10.5 Å². The van der Waals surface area contributed by atoms with Gasteiger partial charge in [0.15, 0.2) is 0 Å². The Kier molecular flexibility index (Phi) is 3.42. The number of hydrogen-bond acceptors (Lipinski definition) is 3. The van der Waals surface area contributed by atoms with E-state index in [1.54, 1.807) is 24.0 Å². The van der Waals surface area contributed by atoms with E-state index in [-0.39, 0.29) is 5.82 Å². The lowest BCUT2D eigenvalue weighted by atomic mass is 10.0. The van der Waals surface area contributed by atoms with Crippen molar-refractivity contribution in [3.63, 3.8) is 0 Å². The minimum absolute atomic E-state index is 0.372. The van der Waals surface area contributed by atoms with Crippen molar-refractivity contribution in [3.05, 3.63) is 52.6 Å². The third-order valence-electron chi connectivity index (χ3n) is 2.47. The standard InChI is InChI=1S/C11H12ClFN4/c1-17-5-4-10(16-17)11(15-14)8-6-7(12)2-3-9(8)13/h2-6,11,15H,14H2,1H3. The summed E-state index contributed by atoms with van der Waals surface area (Å²) in [6.45, 7) is 0. The third kappa shape index (κ3) is 2.46. The molecule has 0 aliphatic heterocycles. The smallest absolute Gasteiger partial charge is 0.128 e. The SMILES string of the molecule is Cn1ccc(C(NN)c2cc(Cl)ccc2F)n1. The van der Waals surface area contributed by atoms with Crippen LogP contribution in [-0.2, 0) is 7.05 Å². The highest BCUT2D eigenvalue weighted by molar-refractivity contribution is 6.30. The minimum atomic E-state index is -0.519. The summed E-state index contributed by atoms with van der Waals surface area (Å²) in [5.41, 5.74) is 3.55. The summed E-state index contributed by atoms with van der Waals surface area (Å²) in [5, 5.41) is 4.65. The number of nitrogens with two attached hydrogens (primary N) is 1. The van der Waals surface area contributed by atoms with Gasteiger partial charge in [0.05, 0.1) is 11.7 Å². The van der Waals surface area contributed by atoms with Crippen molar-refractivity contribution < 1.29 is 4.39 Å². The van der Waals surface area contributed by atoms with Crippen molar-refractivity contribution in [2.75, 3.05) is 0 Å². The number of aryl methyl sites for hydroxylation is 1. The first kappa shape index (κ1) is 12.0. The number of nitrogens with one attached hydrogen (secondary N) is 1. The zero-order chi connectivity index (χ0) is 12.4. The molecule has 0 saturated heterocycles. The van der Waals surface area contributed by atoms with E-state index in [2.05, 4.69) is 10.5 Å². The Morgan fingerprint density at radius 2 is 2.24 bits per heavy atom. The molecule has 0 amide bonds. The van der Waals surface area contributed by atoms with E-state index >= 15 is 0 Å². The van der Waals surface area contributed by atoms with E-state index in [0.717, 1.165) is 0 Å². The summed E-state index contributed by atoms with van der Waals surface area (Å²) in [6.07, 6.45) is 1.77. The van der Waals surface area contributed by atoms with Crippen molar-refractivity contribution in [2.45, 2.75) is 6.04 Å². The molecule has 1 aromatic heterocycles. The molecule has 2 aromatic rings. The Hall–Kier alpha value is -1.43. The quantitative estimate of drug-likeness (QED) is 0.648. The zero-order valence-corrected chi connectivity index (χ0v) is 9.95. The van der Waals surface area contributed by atoms with Crippen molar-refractivity contribution in [1.29, 1.82) is 0 Å². The Morgan fingerprint density at radius 1 is 1.47 bits per heavy atom. The van der Waals surface area contributed by atoms with E-state index in [4.69, 9.17) is 17.4 Å². The van der Waals surface area contributed by atoms with E-state index < -0.39 is 6.04 Å². The number of nitrogens with zero attached hydrogens (tertiary/aromatic N) is 2. The number of aromatic nitrogens is 2. The molecule has 17 heavy (non-hydrogen) atoms. The van der Waals surface area contributed by atoms with E-state index in [0.29, 0.717) is 16.3 Å². The van der Waals surface area contributed by atoms with Gasteiger partial charge in [0.2, 0.25) is 0 Å². The van der Waals surface area contributed by atoms with Gasteiger partial charge in [-0.1, -0.05) is 11.6 Å². The van der Waals surface area contributed by atoms with Crippen molar-refractivity contribution in [3.8, 4) is 0 Å². The van der Waals surface area contributed by atoms with E-state index in [9.17, 15) is 4.39 Å². The first-order valence-corrected chi connectivity index (χ1v) is 5.40. The monoisotopic (exact) mass is 254 g/mol. The lowest BCUT2D eigenvalue weighted by Crippen LogP contribution is -2.30. The molecule has 90 valence electrons. The first-order chi connectivity index (χ1) is 8.11. The molecule has 4 nitrogen and oxygen atoms in total. The molecule has 0 radical (unpaired) electrons. The summed E-state index contributed by atoms with van der Waals surface area (Å²) in [5.74, 6) is 5.08. The van der Waals surface area contributed by atoms with Gasteiger partial charge in [0, 0.05) is 23.8 Å². The molecule has 0 aliphatic rings. The Morgan fingerprint density at radius 3 is 2.82 bits per heavy atom. The maximum Gasteiger partial charge on any atom is 0.128 e. The fraction of sp³-hybridized carbons (Fsp3) is 0.182. The third-order valence-corrected chi connectivity index (χ3v) is 2.70. The van der Waals surface area contributed by atoms with Gasteiger partial charge in [0.25, 0.3) is 0 Å². The molecular formula is C11H12ClFN4. The molecule has 1 unspecified atom stereocenters. The highest BCUT2D eigenvalue weighted by Gasteiger charge is 2.19. The first-order valence-electron chi connectivity index (χ1n) is 5.02. The summed E-state index contributed by atoms with van der Waals surface area (Å²) in [7, 11) is 1.78. The maximum atomic E-state index is 13.7. The van der Waals surface area contributed by atoms with Crippen molar-refractivity contribution in [1.82, 2.24) is 15.2 Å². The predicted molar refractivity (Wildman–Crippen MR) is 63.8 cm³/mol. The van der Waals surface area contributed by atoms with Crippen LogP contribution in [0.25, 0.3) is 0 Å². The molecule has 0 spiro atoms. The second kappa shape index (κ2) is 4.83. The second-order valence-electron chi connectivity index (χ2n) is 3.68. The lowest BCUT2D eigenvalue weighted by Gasteiger charge is -2.15. The van der Waals surface area contributed by atoms with Crippen molar-refractivity contribution >= 4 is 11.6 Å². The average Bonchev–Trinajstić information content (AvgIpc) is 2.71. The Bertz CT molecular complexity index is 526. The largest absolute Gasteiger partial charge is 0.275 e. The number of hydrazine groups is 1. The van der Waals surface area contributed by atoms with Crippen LogP contribution in [0.4, 0.5) is 4.39 Å². The minimum Gasteiger partial charge on any atom is -0.275 e. The summed E-state index contributed by atoms with van der Waals surface area (Å²) < 4.78 is 15.3. The van der Waals surface area contributed by atoms with Gasteiger partial charge in [-0.05, 0) is 24.3 Å². The second-order valence-corrected chi connectivity index (χ2v) is 4.12. The molecule has 3 N–H and O–H groups in total. The molecule has 1 aromatic carbocycles. The number of hydrogen-bond donors (Lipinski definition) is 2. The van der Waals surface area contributed by atoms with Gasteiger partial charge in [-0.25, -0.2) is 9.82 Å². The maximum absolute atomic E-state index is 13.7. The Balaban J connectivity index is 2.45. The van der Waals surface area contributed by atoms with Gasteiger partial charge in [0.1, 0.15) is 5.82 Å². The van der Waals surface area contributed by atoms with Crippen LogP contribution in [0.1, 0.15) is 17.3 Å². The highest BCUT2D eigenvalue weighted by atomic mass is 35.5. The molecule has 0 aliphatic carbocycles. The molecule has 1 heterocycles. The average molecular weight is 255 g/mol. The van der Waals surface area contributed by atoms with Crippen LogP contribution in [0.5, 0.6) is 0 Å². The van der Waals surface area contributed by atoms with Crippen LogP contribution in [0.2, 0.25) is 5.02 Å². The molecule has 2 rings (SSSR count). The summed E-state index contributed by atoms with van der Waals surface area (Å²) in [6, 6.07) is 5.59. The summed E-state index contributed by atoms with van der Waals surface area (Å²) >= 11 is 5.85. The van der Waals surface area contributed by atoms with Crippen LogP contribution in [-0.4, -0.2) is 9.78 Å². The van der Waals surface area contributed by atoms with Crippen LogP contribution in [0.15, 0.2) is 30.5 Å². The van der Waals surface area contributed by atoms with E-state index in [1.807, 2.05) is 0 Å². The number of halogens is 2. The topological polar surface area (TPSA) is 55.9 Å². The molecule has 6 heteroatoms. The van der Waals surface area contributed by atoms with Crippen molar-refractivity contribution in [2.24, 2.45) is 12.9 Å². The lowest BCUT2D eigenvalue weighted by molar-refractivity contribution is 0.547. The van der Waals surface area contributed by atoms with Crippen LogP contribution < -0.4 is 11.3 Å². The number of benzene rings is 1. The summed E-state index contributed by atoms with van der Waals surface area (Å²) in [4.78, 5) is 0. The molecular weight excluding hydrogens is 243 g/mol. The van der Waals surface area contributed by atoms with Gasteiger partial charge < -0.3 is 0 Å². The van der Waals surface area contributed by atoms with Gasteiger partial charge in [-0.2, -0.15) is 5.10 Å². The normalized spacial score (nSPS) is 12.7. The highest BCUT2D eigenvalue weighted by Crippen LogP contribution is 2.25. The van der Waals surface area contributed by atoms with Crippen LogP contribution in [0, 0.1) is 5.82 Å². The molecule has 1 atom stereocenters. The van der Waals surface area contributed by atoms with Gasteiger partial charge >= 0.3 is 0 Å². The fourth-order valence-corrected chi connectivity index (χ4v) is 1.84. The number of rotatable bonds is 3. The molecule has 0 bridgehead atoms. The van der Waals surface area contributed by atoms with E-state index in [1.165, 1.54) is 18.2 Å². The fourth-order valence-electron chi connectivity index (χ4n) is 1.66.